The van der Waals surface area contributed by atoms with Crippen LogP contribution in [0, 0.1) is 22.9 Å². The number of carbonyl (C=O) groups excluding carboxylic acids is 2. The molecular formula is C18H17FN2O6. The zero-order valence-electron chi connectivity index (χ0n) is 14.6. The smallest absolute Gasteiger partial charge is 0.347 e. The highest BCUT2D eigenvalue weighted by atomic mass is 19.1. The first-order valence-corrected chi connectivity index (χ1v) is 7.90. The van der Waals surface area contributed by atoms with E-state index in [0.717, 1.165) is 0 Å². The molecule has 0 unspecified atom stereocenters. The molecule has 9 heteroatoms. The van der Waals surface area contributed by atoms with Gasteiger partial charge in [-0.25, -0.2) is 9.18 Å². The second-order valence-corrected chi connectivity index (χ2v) is 5.60. The van der Waals surface area contributed by atoms with Crippen molar-refractivity contribution in [1.29, 1.82) is 0 Å². The lowest BCUT2D eigenvalue weighted by atomic mass is 10.1. The maximum atomic E-state index is 12.8. The molecule has 2 rings (SSSR count). The van der Waals surface area contributed by atoms with Crippen LogP contribution in [0.3, 0.4) is 0 Å². The van der Waals surface area contributed by atoms with E-state index in [9.17, 15) is 24.1 Å². The van der Waals surface area contributed by atoms with Crippen LogP contribution in [0.1, 0.15) is 12.5 Å². The number of halogens is 1. The normalized spacial score (nSPS) is 11.4. The molecule has 0 saturated heterocycles. The zero-order valence-corrected chi connectivity index (χ0v) is 14.6. The van der Waals surface area contributed by atoms with Crippen LogP contribution in [0.2, 0.25) is 0 Å². The number of hydrogen-bond donors (Lipinski definition) is 1. The molecule has 2 aromatic rings. The van der Waals surface area contributed by atoms with Gasteiger partial charge in [-0.15, -0.1) is 0 Å². The lowest BCUT2D eigenvalue weighted by molar-refractivity contribution is -0.384. The van der Waals surface area contributed by atoms with Crippen LogP contribution in [0.5, 0.6) is 5.75 Å². The molecule has 0 heterocycles. The minimum atomic E-state index is -1.03. The van der Waals surface area contributed by atoms with Crippen LogP contribution in [-0.4, -0.2) is 29.5 Å². The number of anilines is 1. The summed E-state index contributed by atoms with van der Waals surface area (Å²) < 4.78 is 23.0. The standard InChI is InChI=1S/C18H17FN2O6/c1-11-4-3-5-15(21(24)25)17(11)20-16(22)10-26-18(23)12(2)27-14-8-6-13(19)7-9-14/h3-9,12H,10H2,1-2H3,(H,20,22)/t12-/m0/s1. The third kappa shape index (κ3) is 5.50. The Labute approximate surface area is 154 Å². The van der Waals surface area contributed by atoms with Crippen molar-refractivity contribution in [2.75, 3.05) is 11.9 Å². The number of nitrogens with one attached hydrogen (secondary N) is 1. The Bertz CT molecular complexity index is 853. The molecule has 0 aliphatic carbocycles. The van der Waals surface area contributed by atoms with Gasteiger partial charge < -0.3 is 14.8 Å². The van der Waals surface area contributed by atoms with Crippen LogP contribution in [0.25, 0.3) is 0 Å². The Morgan fingerprint density at radius 3 is 2.52 bits per heavy atom. The molecule has 142 valence electrons. The molecule has 1 amide bonds. The third-order valence-corrected chi connectivity index (χ3v) is 3.52. The van der Waals surface area contributed by atoms with Crippen LogP contribution < -0.4 is 10.1 Å². The molecule has 0 aliphatic rings. The summed E-state index contributed by atoms with van der Waals surface area (Å²) in [5.41, 5.74) is 0.277. The van der Waals surface area contributed by atoms with Gasteiger partial charge in [0.05, 0.1) is 4.92 Å². The molecular weight excluding hydrogens is 359 g/mol. The number of nitrogens with zero attached hydrogens (tertiary/aromatic N) is 1. The largest absolute Gasteiger partial charge is 0.479 e. The van der Waals surface area contributed by atoms with E-state index in [1.54, 1.807) is 13.0 Å². The van der Waals surface area contributed by atoms with E-state index in [4.69, 9.17) is 9.47 Å². The first-order chi connectivity index (χ1) is 12.8. The summed E-state index contributed by atoms with van der Waals surface area (Å²) in [6.07, 6.45) is -1.03. The summed E-state index contributed by atoms with van der Waals surface area (Å²) in [4.78, 5) is 34.3. The molecule has 0 fully saturated rings. The second-order valence-electron chi connectivity index (χ2n) is 5.60. The number of rotatable bonds is 7. The average molecular weight is 376 g/mol. The number of nitro groups is 1. The zero-order chi connectivity index (χ0) is 20.0. The average Bonchev–Trinajstić information content (AvgIpc) is 2.63. The molecule has 0 aromatic heterocycles. The SMILES string of the molecule is Cc1cccc([N+](=O)[O-])c1NC(=O)COC(=O)[C@H](C)Oc1ccc(F)cc1. The van der Waals surface area contributed by atoms with E-state index >= 15 is 0 Å². The number of nitro benzene ring substituents is 1. The van der Waals surface area contributed by atoms with Gasteiger partial charge in [-0.05, 0) is 43.7 Å². The van der Waals surface area contributed by atoms with Crippen molar-refractivity contribution < 1.29 is 28.4 Å². The van der Waals surface area contributed by atoms with E-state index in [1.807, 2.05) is 0 Å². The molecule has 27 heavy (non-hydrogen) atoms. The van der Waals surface area contributed by atoms with E-state index in [2.05, 4.69) is 5.32 Å². The molecule has 0 spiro atoms. The fourth-order valence-electron chi connectivity index (χ4n) is 2.16. The van der Waals surface area contributed by atoms with E-state index in [0.29, 0.717) is 5.56 Å². The van der Waals surface area contributed by atoms with Crippen LogP contribution in [0.15, 0.2) is 42.5 Å². The molecule has 1 N–H and O–H groups in total. The Morgan fingerprint density at radius 2 is 1.89 bits per heavy atom. The Balaban J connectivity index is 1.91. The summed E-state index contributed by atoms with van der Waals surface area (Å²) >= 11 is 0. The molecule has 0 radical (unpaired) electrons. The topological polar surface area (TPSA) is 108 Å². The van der Waals surface area contributed by atoms with Crippen molar-refractivity contribution in [3.63, 3.8) is 0 Å². The molecule has 0 saturated carbocycles. The molecule has 2 aromatic carbocycles. The van der Waals surface area contributed by atoms with E-state index in [1.165, 1.54) is 43.3 Å². The first-order valence-electron chi connectivity index (χ1n) is 7.90. The van der Waals surface area contributed by atoms with Gasteiger partial charge in [-0.2, -0.15) is 0 Å². The van der Waals surface area contributed by atoms with Gasteiger partial charge in [0.1, 0.15) is 17.3 Å². The minimum Gasteiger partial charge on any atom is -0.479 e. The lowest BCUT2D eigenvalue weighted by Crippen LogP contribution is -2.30. The fourth-order valence-corrected chi connectivity index (χ4v) is 2.16. The van der Waals surface area contributed by atoms with Crippen molar-refractivity contribution in [1.82, 2.24) is 0 Å². The Kier molecular flexibility index (Phi) is 6.42. The van der Waals surface area contributed by atoms with Gasteiger partial charge >= 0.3 is 5.97 Å². The number of ether oxygens (including phenoxy) is 2. The van der Waals surface area contributed by atoms with Gasteiger partial charge in [0.15, 0.2) is 12.7 Å². The third-order valence-electron chi connectivity index (χ3n) is 3.52. The van der Waals surface area contributed by atoms with E-state index in [-0.39, 0.29) is 17.1 Å². The fraction of sp³-hybridized carbons (Fsp3) is 0.222. The first kappa shape index (κ1) is 19.8. The van der Waals surface area contributed by atoms with Crippen molar-refractivity contribution in [2.45, 2.75) is 20.0 Å². The highest BCUT2D eigenvalue weighted by Gasteiger charge is 2.21. The van der Waals surface area contributed by atoms with Crippen LogP contribution >= 0.6 is 0 Å². The van der Waals surface area contributed by atoms with Gasteiger partial charge in [-0.3, -0.25) is 14.9 Å². The number of amides is 1. The monoisotopic (exact) mass is 376 g/mol. The summed E-state index contributed by atoms with van der Waals surface area (Å²) in [6.45, 7) is 2.38. The van der Waals surface area contributed by atoms with Crippen LogP contribution in [-0.2, 0) is 14.3 Å². The summed E-state index contributed by atoms with van der Waals surface area (Å²) in [5.74, 6) is -1.72. The molecule has 0 aliphatic heterocycles. The highest BCUT2D eigenvalue weighted by Crippen LogP contribution is 2.27. The van der Waals surface area contributed by atoms with Gasteiger partial charge in [-0.1, -0.05) is 12.1 Å². The molecule has 8 nitrogen and oxygen atoms in total. The van der Waals surface area contributed by atoms with E-state index < -0.39 is 35.3 Å². The van der Waals surface area contributed by atoms with Gasteiger partial charge in [0, 0.05) is 6.07 Å². The lowest BCUT2D eigenvalue weighted by Gasteiger charge is -2.14. The number of benzene rings is 2. The molecule has 0 bridgehead atoms. The predicted molar refractivity (Wildman–Crippen MR) is 93.9 cm³/mol. The quantitative estimate of drug-likeness (QED) is 0.452. The highest BCUT2D eigenvalue weighted by molar-refractivity contribution is 5.95. The van der Waals surface area contributed by atoms with Crippen molar-refractivity contribution in [2.24, 2.45) is 0 Å². The van der Waals surface area contributed by atoms with Crippen molar-refractivity contribution in [3.05, 3.63) is 64.0 Å². The number of para-hydroxylation sites is 1. The number of esters is 1. The van der Waals surface area contributed by atoms with Crippen molar-refractivity contribution in [3.8, 4) is 5.75 Å². The number of aryl methyl sites for hydroxylation is 1. The summed E-state index contributed by atoms with van der Waals surface area (Å²) in [6, 6.07) is 9.41. The minimum absolute atomic E-state index is 0.0409. The summed E-state index contributed by atoms with van der Waals surface area (Å²) in [5, 5.41) is 13.4. The Hall–Kier alpha value is -3.49. The predicted octanol–water partition coefficient (Wildman–Crippen LogP) is 2.99. The maximum absolute atomic E-state index is 12.8. The van der Waals surface area contributed by atoms with Crippen molar-refractivity contribution >= 4 is 23.3 Å². The maximum Gasteiger partial charge on any atom is 0.347 e. The number of carbonyl (C=O) groups is 2. The van der Waals surface area contributed by atoms with Gasteiger partial charge in [0.2, 0.25) is 0 Å². The Morgan fingerprint density at radius 1 is 1.22 bits per heavy atom. The second kappa shape index (κ2) is 8.75. The van der Waals surface area contributed by atoms with Gasteiger partial charge in [0.25, 0.3) is 11.6 Å². The molecule has 1 atom stereocenters. The number of hydrogen-bond acceptors (Lipinski definition) is 6. The van der Waals surface area contributed by atoms with Crippen LogP contribution in [0.4, 0.5) is 15.8 Å². The summed E-state index contributed by atoms with van der Waals surface area (Å²) in [7, 11) is 0.